The molecule has 3 aromatic heterocycles. The van der Waals surface area contributed by atoms with Gasteiger partial charge in [-0.15, -0.1) is 0 Å². The number of pyridine rings is 1. The standard InChI is InChI=1S/C24H23N7O4S/c1-15(32)16-4-6-17(7-5-16)21(31-35-14-19-26-10-3-11-27-19)22(33)30-24-28-18-8-9-20(29-23(18)36-24)34-13-12-25-2/h3-11,25H,12-14H2,1-2H3,(H,28,30,33)/b31-21-. The van der Waals surface area contributed by atoms with Crippen LogP contribution in [0.3, 0.4) is 0 Å². The van der Waals surface area contributed by atoms with Crippen LogP contribution in [0.15, 0.2) is 60.0 Å². The van der Waals surface area contributed by atoms with Gasteiger partial charge < -0.3 is 14.9 Å². The molecule has 11 nitrogen and oxygen atoms in total. The lowest BCUT2D eigenvalue weighted by Gasteiger charge is -2.07. The number of rotatable bonds is 11. The molecule has 0 saturated carbocycles. The maximum absolute atomic E-state index is 13.2. The summed E-state index contributed by atoms with van der Waals surface area (Å²) in [6.07, 6.45) is 3.17. The van der Waals surface area contributed by atoms with Crippen LogP contribution in [0.2, 0.25) is 0 Å². The van der Waals surface area contributed by atoms with E-state index < -0.39 is 5.91 Å². The molecule has 2 N–H and O–H groups in total. The van der Waals surface area contributed by atoms with Crippen molar-refractivity contribution in [1.29, 1.82) is 0 Å². The number of likely N-dealkylation sites (N-methyl/N-ethyl adjacent to an activating group) is 1. The van der Waals surface area contributed by atoms with E-state index in [2.05, 4.69) is 35.7 Å². The van der Waals surface area contributed by atoms with Gasteiger partial charge in [0.1, 0.15) is 17.0 Å². The maximum Gasteiger partial charge on any atom is 0.280 e. The number of ether oxygens (including phenoxy) is 1. The molecule has 12 heteroatoms. The Bertz CT molecular complexity index is 1370. The van der Waals surface area contributed by atoms with Gasteiger partial charge in [0.25, 0.3) is 5.91 Å². The molecule has 184 valence electrons. The SMILES string of the molecule is CNCCOc1ccc2nc(NC(=O)/C(=N\OCc3ncccn3)c3ccc(C(C)=O)cc3)sc2n1. The minimum absolute atomic E-state index is 0.00402. The van der Waals surface area contributed by atoms with E-state index in [0.717, 1.165) is 0 Å². The number of carbonyl (C=O) groups excluding carboxylic acids is 2. The topological polar surface area (TPSA) is 141 Å². The number of nitrogens with one attached hydrogen (secondary N) is 2. The smallest absolute Gasteiger partial charge is 0.280 e. The molecule has 0 unspecified atom stereocenters. The molecule has 0 bridgehead atoms. The first-order valence-corrected chi connectivity index (χ1v) is 11.8. The molecule has 1 aromatic carbocycles. The predicted molar refractivity (Wildman–Crippen MR) is 135 cm³/mol. The van der Waals surface area contributed by atoms with E-state index in [1.807, 2.05) is 7.05 Å². The average Bonchev–Trinajstić information content (AvgIpc) is 3.29. The fraction of sp³-hybridized carbons (Fsp3) is 0.208. The minimum atomic E-state index is -0.538. The van der Waals surface area contributed by atoms with Crippen molar-refractivity contribution in [2.75, 3.05) is 25.5 Å². The number of nitrogens with zero attached hydrogens (tertiary/aromatic N) is 5. The summed E-state index contributed by atoms with van der Waals surface area (Å²) < 4.78 is 5.60. The number of hydrogen-bond acceptors (Lipinski definition) is 11. The maximum atomic E-state index is 13.2. The van der Waals surface area contributed by atoms with Crippen LogP contribution in [-0.4, -0.2) is 57.5 Å². The second kappa shape index (κ2) is 11.9. The quantitative estimate of drug-likeness (QED) is 0.136. The van der Waals surface area contributed by atoms with Crippen molar-refractivity contribution in [3.05, 3.63) is 71.8 Å². The number of carbonyl (C=O) groups is 2. The highest BCUT2D eigenvalue weighted by Crippen LogP contribution is 2.26. The molecule has 0 aliphatic rings. The summed E-state index contributed by atoms with van der Waals surface area (Å²) in [5.74, 6) is 0.267. The van der Waals surface area contributed by atoms with Gasteiger partial charge in [-0.1, -0.05) is 40.8 Å². The van der Waals surface area contributed by atoms with Gasteiger partial charge in [0, 0.05) is 36.1 Å². The van der Waals surface area contributed by atoms with E-state index in [1.165, 1.54) is 18.3 Å². The predicted octanol–water partition coefficient (Wildman–Crippen LogP) is 2.84. The summed E-state index contributed by atoms with van der Waals surface area (Å²) in [6, 6.07) is 11.7. The van der Waals surface area contributed by atoms with Gasteiger partial charge in [-0.25, -0.2) is 19.9 Å². The Hall–Kier alpha value is -4.29. The van der Waals surface area contributed by atoms with Gasteiger partial charge in [-0.2, -0.15) is 0 Å². The Kier molecular flexibility index (Phi) is 8.21. The summed E-state index contributed by atoms with van der Waals surface area (Å²) in [5.41, 5.74) is 1.61. The molecule has 0 saturated heterocycles. The van der Waals surface area contributed by atoms with E-state index >= 15 is 0 Å². The lowest BCUT2D eigenvalue weighted by molar-refractivity contribution is -0.110. The Morgan fingerprint density at radius 3 is 2.50 bits per heavy atom. The van der Waals surface area contributed by atoms with E-state index in [9.17, 15) is 9.59 Å². The number of thiazole rings is 1. The average molecular weight is 506 g/mol. The molecule has 0 spiro atoms. The number of amides is 1. The van der Waals surface area contributed by atoms with Crippen molar-refractivity contribution in [2.24, 2.45) is 5.16 Å². The number of aromatic nitrogens is 4. The molecule has 36 heavy (non-hydrogen) atoms. The normalized spacial score (nSPS) is 11.3. The van der Waals surface area contributed by atoms with E-state index in [4.69, 9.17) is 9.57 Å². The summed E-state index contributed by atoms with van der Waals surface area (Å²) in [4.78, 5) is 47.8. The first kappa shape index (κ1) is 24.8. The monoisotopic (exact) mass is 505 g/mol. The Morgan fingerprint density at radius 1 is 1.03 bits per heavy atom. The van der Waals surface area contributed by atoms with Crippen LogP contribution in [0.1, 0.15) is 28.7 Å². The summed E-state index contributed by atoms with van der Waals surface area (Å²) >= 11 is 1.21. The summed E-state index contributed by atoms with van der Waals surface area (Å²) in [6.45, 7) is 2.62. The number of anilines is 1. The molecule has 0 aliphatic heterocycles. The van der Waals surface area contributed by atoms with Crippen molar-refractivity contribution < 1.29 is 19.2 Å². The van der Waals surface area contributed by atoms with Gasteiger partial charge in [-0.05, 0) is 26.1 Å². The molecule has 0 fully saturated rings. The third kappa shape index (κ3) is 6.43. The van der Waals surface area contributed by atoms with Gasteiger partial charge in [0.05, 0.1) is 0 Å². The van der Waals surface area contributed by atoms with Gasteiger partial charge in [-0.3, -0.25) is 14.9 Å². The van der Waals surface area contributed by atoms with Gasteiger partial charge >= 0.3 is 0 Å². The number of fused-ring (bicyclic) bond motifs is 1. The highest BCUT2D eigenvalue weighted by molar-refractivity contribution is 7.22. The van der Waals surface area contributed by atoms with Crippen LogP contribution < -0.4 is 15.4 Å². The van der Waals surface area contributed by atoms with Crippen LogP contribution in [0.25, 0.3) is 10.3 Å². The third-order valence-electron chi connectivity index (χ3n) is 4.80. The van der Waals surface area contributed by atoms with Crippen molar-refractivity contribution in [3.63, 3.8) is 0 Å². The molecule has 0 atom stereocenters. The Balaban J connectivity index is 1.54. The molecule has 4 rings (SSSR count). The van der Waals surface area contributed by atoms with Crippen LogP contribution in [0.4, 0.5) is 5.13 Å². The van der Waals surface area contributed by atoms with E-state index in [-0.39, 0.29) is 18.1 Å². The minimum Gasteiger partial charge on any atom is -0.476 e. The summed E-state index contributed by atoms with van der Waals surface area (Å²) in [5, 5.41) is 10.1. The highest BCUT2D eigenvalue weighted by atomic mass is 32.1. The molecule has 4 aromatic rings. The third-order valence-corrected chi connectivity index (χ3v) is 5.68. The molecule has 0 aliphatic carbocycles. The largest absolute Gasteiger partial charge is 0.476 e. The zero-order valence-corrected chi connectivity index (χ0v) is 20.4. The molecule has 3 heterocycles. The molecule has 0 radical (unpaired) electrons. The lowest BCUT2D eigenvalue weighted by atomic mass is 10.1. The van der Waals surface area contributed by atoms with Crippen molar-refractivity contribution in [3.8, 4) is 5.88 Å². The van der Waals surface area contributed by atoms with E-state index in [0.29, 0.717) is 51.5 Å². The second-order valence-corrected chi connectivity index (χ2v) is 8.39. The number of Topliss-reactive ketones (excluding diaryl/α,β-unsaturated/α-hetero) is 1. The van der Waals surface area contributed by atoms with E-state index in [1.54, 1.807) is 54.9 Å². The van der Waals surface area contributed by atoms with Crippen molar-refractivity contribution in [2.45, 2.75) is 13.5 Å². The second-order valence-electron chi connectivity index (χ2n) is 7.41. The van der Waals surface area contributed by atoms with Crippen LogP contribution in [0, 0.1) is 0 Å². The fourth-order valence-corrected chi connectivity index (χ4v) is 3.82. The van der Waals surface area contributed by atoms with Crippen LogP contribution >= 0.6 is 11.3 Å². The van der Waals surface area contributed by atoms with Gasteiger partial charge in [0.2, 0.25) is 5.88 Å². The summed E-state index contributed by atoms with van der Waals surface area (Å²) in [7, 11) is 1.84. The van der Waals surface area contributed by atoms with Crippen LogP contribution in [-0.2, 0) is 16.2 Å². The molecular formula is C24H23N7O4S. The Labute approximate surface area is 210 Å². The zero-order chi connectivity index (χ0) is 25.3. The van der Waals surface area contributed by atoms with Crippen molar-refractivity contribution in [1.82, 2.24) is 25.3 Å². The van der Waals surface area contributed by atoms with Gasteiger partial charge in [0.15, 0.2) is 29.1 Å². The Morgan fingerprint density at radius 2 is 1.78 bits per heavy atom. The first-order chi connectivity index (χ1) is 17.5. The van der Waals surface area contributed by atoms with Crippen molar-refractivity contribution >= 4 is 44.2 Å². The highest BCUT2D eigenvalue weighted by Gasteiger charge is 2.19. The number of hydrogen-bond donors (Lipinski definition) is 2. The number of ketones is 1. The first-order valence-electron chi connectivity index (χ1n) is 11.0. The fourth-order valence-electron chi connectivity index (χ4n) is 3.00. The number of benzene rings is 1. The molecule has 1 amide bonds. The van der Waals surface area contributed by atoms with Crippen LogP contribution in [0.5, 0.6) is 5.88 Å². The number of oxime groups is 1. The zero-order valence-electron chi connectivity index (χ0n) is 19.6. The lowest BCUT2D eigenvalue weighted by Crippen LogP contribution is -2.24. The molecular weight excluding hydrogens is 482 g/mol.